The van der Waals surface area contributed by atoms with Gasteiger partial charge >= 0.3 is 11.9 Å². The molecule has 15 heavy (non-hydrogen) atoms. The molecule has 0 atom stereocenters. The van der Waals surface area contributed by atoms with Crippen LogP contribution in [0.15, 0.2) is 0 Å². The summed E-state index contributed by atoms with van der Waals surface area (Å²) in [6, 6.07) is 0. The van der Waals surface area contributed by atoms with Crippen molar-refractivity contribution in [3.63, 3.8) is 0 Å². The predicted molar refractivity (Wildman–Crippen MR) is 58.0 cm³/mol. The van der Waals surface area contributed by atoms with E-state index >= 15 is 0 Å². The van der Waals surface area contributed by atoms with E-state index in [0.717, 1.165) is 38.5 Å². The van der Waals surface area contributed by atoms with Gasteiger partial charge in [0.1, 0.15) is 0 Å². The summed E-state index contributed by atoms with van der Waals surface area (Å²) < 4.78 is 0. The molecule has 0 bridgehead atoms. The van der Waals surface area contributed by atoms with Crippen molar-refractivity contribution in [1.82, 2.24) is 0 Å². The first-order chi connectivity index (χ1) is 6.63. The molecular formula is C10H18O4Sr. The van der Waals surface area contributed by atoms with Gasteiger partial charge in [-0.3, -0.25) is 9.59 Å². The van der Waals surface area contributed by atoms with E-state index in [1.807, 2.05) is 0 Å². The molecule has 5 heteroatoms. The average Bonchev–Trinajstić information content (AvgIpc) is 2.08. The zero-order valence-electron chi connectivity index (χ0n) is 9.07. The topological polar surface area (TPSA) is 74.6 Å². The molecule has 0 aromatic rings. The molecule has 0 aromatic carbocycles. The molecule has 0 rings (SSSR count). The number of rotatable bonds is 9. The second kappa shape index (κ2) is 12.5. The molecule has 0 aliphatic carbocycles. The van der Waals surface area contributed by atoms with Crippen LogP contribution in [0.5, 0.6) is 0 Å². The summed E-state index contributed by atoms with van der Waals surface area (Å²) in [6.45, 7) is 0. The molecule has 84 valence electrons. The fourth-order valence-electron chi connectivity index (χ4n) is 1.26. The standard InChI is InChI=1S/C10H18O4.Sr/c11-9(12)7-5-3-1-2-4-6-8-10(13)14;/h1-8H2,(H,11,12)(H,13,14);. The van der Waals surface area contributed by atoms with Gasteiger partial charge in [-0.05, 0) is 12.8 Å². The van der Waals surface area contributed by atoms with Crippen molar-refractivity contribution < 1.29 is 19.8 Å². The Morgan fingerprint density at radius 3 is 1.20 bits per heavy atom. The Morgan fingerprint density at radius 1 is 0.667 bits per heavy atom. The van der Waals surface area contributed by atoms with Gasteiger partial charge in [-0.2, -0.15) is 0 Å². The zero-order valence-corrected chi connectivity index (χ0v) is 12.6. The summed E-state index contributed by atoms with van der Waals surface area (Å²) in [6.07, 6.45) is 5.82. The van der Waals surface area contributed by atoms with E-state index < -0.39 is 11.9 Å². The number of aliphatic carboxylic acids is 2. The van der Waals surface area contributed by atoms with Crippen LogP contribution in [0.3, 0.4) is 0 Å². The predicted octanol–water partition coefficient (Wildman–Crippen LogP) is 1.90. The Balaban J connectivity index is 0. The van der Waals surface area contributed by atoms with E-state index in [-0.39, 0.29) is 58.3 Å². The molecular weight excluding hydrogens is 272 g/mol. The molecule has 0 aromatic heterocycles. The van der Waals surface area contributed by atoms with Crippen LogP contribution in [0.4, 0.5) is 0 Å². The van der Waals surface area contributed by atoms with E-state index in [2.05, 4.69) is 0 Å². The van der Waals surface area contributed by atoms with Crippen LogP contribution in [-0.4, -0.2) is 67.6 Å². The van der Waals surface area contributed by atoms with Gasteiger partial charge in [0.15, 0.2) is 0 Å². The third-order valence-electron chi connectivity index (χ3n) is 2.03. The van der Waals surface area contributed by atoms with Crippen molar-refractivity contribution in [2.24, 2.45) is 0 Å². The van der Waals surface area contributed by atoms with Crippen LogP contribution in [0.2, 0.25) is 0 Å². The van der Waals surface area contributed by atoms with Crippen molar-refractivity contribution in [1.29, 1.82) is 0 Å². The summed E-state index contributed by atoms with van der Waals surface area (Å²) in [5.74, 6) is -1.48. The van der Waals surface area contributed by atoms with Crippen LogP contribution >= 0.6 is 0 Å². The van der Waals surface area contributed by atoms with Crippen molar-refractivity contribution >= 4 is 57.4 Å². The smallest absolute Gasteiger partial charge is 0.303 e. The third-order valence-corrected chi connectivity index (χ3v) is 2.03. The minimum atomic E-state index is -0.740. The van der Waals surface area contributed by atoms with Gasteiger partial charge < -0.3 is 10.2 Å². The minimum Gasteiger partial charge on any atom is -0.481 e. The number of carboxylic acid groups (broad SMARTS) is 2. The Labute approximate surface area is 127 Å². The largest absolute Gasteiger partial charge is 0.481 e. The SMILES string of the molecule is O=C(O)CCCCCCCCC(=O)O.[Sr]. The van der Waals surface area contributed by atoms with Crippen LogP contribution in [0, 0.1) is 0 Å². The number of hydrogen-bond donors (Lipinski definition) is 2. The molecule has 0 aliphatic heterocycles. The third kappa shape index (κ3) is 17.1. The number of hydrogen-bond acceptors (Lipinski definition) is 2. The summed E-state index contributed by atoms with van der Waals surface area (Å²) >= 11 is 0. The molecule has 0 saturated carbocycles. The first-order valence-corrected chi connectivity index (χ1v) is 5.06. The van der Waals surface area contributed by atoms with E-state index in [1.54, 1.807) is 0 Å². The minimum absolute atomic E-state index is 0. The second-order valence-electron chi connectivity index (χ2n) is 3.41. The van der Waals surface area contributed by atoms with Gasteiger partial charge in [-0.25, -0.2) is 0 Å². The van der Waals surface area contributed by atoms with E-state index in [0.29, 0.717) is 0 Å². The summed E-state index contributed by atoms with van der Waals surface area (Å²) in [7, 11) is 0. The maximum Gasteiger partial charge on any atom is 0.303 e. The Morgan fingerprint density at radius 2 is 0.933 bits per heavy atom. The number of unbranched alkanes of at least 4 members (excludes halogenated alkanes) is 5. The molecule has 0 heterocycles. The molecule has 0 aliphatic rings. The fourth-order valence-corrected chi connectivity index (χ4v) is 1.26. The maximum absolute atomic E-state index is 10.1. The number of carbonyl (C=O) groups is 2. The van der Waals surface area contributed by atoms with Gasteiger partial charge in [-0.1, -0.05) is 25.7 Å². The fraction of sp³-hybridized carbons (Fsp3) is 0.800. The number of carboxylic acids is 2. The van der Waals surface area contributed by atoms with Crippen LogP contribution in [0.25, 0.3) is 0 Å². The molecule has 2 radical (unpaired) electrons. The van der Waals surface area contributed by atoms with Crippen LogP contribution in [-0.2, 0) is 9.59 Å². The van der Waals surface area contributed by atoms with Crippen LogP contribution in [0.1, 0.15) is 51.4 Å². The van der Waals surface area contributed by atoms with E-state index in [4.69, 9.17) is 10.2 Å². The summed E-state index contributed by atoms with van der Waals surface area (Å²) in [4.78, 5) is 20.3. The van der Waals surface area contributed by atoms with Crippen LogP contribution < -0.4 is 0 Å². The Hall–Kier alpha value is 0.421. The van der Waals surface area contributed by atoms with Crippen molar-refractivity contribution in [3.05, 3.63) is 0 Å². The Bertz CT molecular complexity index is 162. The quantitative estimate of drug-likeness (QED) is 0.502. The van der Waals surface area contributed by atoms with Gasteiger partial charge in [0, 0.05) is 58.3 Å². The molecule has 0 amide bonds. The summed E-state index contributed by atoms with van der Waals surface area (Å²) in [5.41, 5.74) is 0. The van der Waals surface area contributed by atoms with Gasteiger partial charge in [-0.15, -0.1) is 0 Å². The van der Waals surface area contributed by atoms with Gasteiger partial charge in [0.2, 0.25) is 0 Å². The van der Waals surface area contributed by atoms with Gasteiger partial charge in [0.25, 0.3) is 0 Å². The average molecular weight is 290 g/mol. The van der Waals surface area contributed by atoms with Crippen molar-refractivity contribution in [3.8, 4) is 0 Å². The molecule has 4 nitrogen and oxygen atoms in total. The van der Waals surface area contributed by atoms with E-state index in [9.17, 15) is 9.59 Å². The van der Waals surface area contributed by atoms with Gasteiger partial charge in [0.05, 0.1) is 0 Å². The second-order valence-corrected chi connectivity index (χ2v) is 3.41. The van der Waals surface area contributed by atoms with E-state index in [1.165, 1.54) is 0 Å². The monoisotopic (exact) mass is 290 g/mol. The first-order valence-electron chi connectivity index (χ1n) is 5.06. The normalized spacial score (nSPS) is 9.33. The first kappa shape index (κ1) is 17.8. The maximum atomic E-state index is 10.1. The molecule has 0 spiro atoms. The molecule has 0 unspecified atom stereocenters. The Kier molecular flexibility index (Phi) is 14.8. The summed E-state index contributed by atoms with van der Waals surface area (Å²) in [5, 5.41) is 16.7. The zero-order chi connectivity index (χ0) is 10.8. The molecule has 2 N–H and O–H groups in total. The van der Waals surface area contributed by atoms with Crippen molar-refractivity contribution in [2.45, 2.75) is 51.4 Å². The van der Waals surface area contributed by atoms with Crippen molar-refractivity contribution in [2.75, 3.05) is 0 Å². The molecule has 0 fully saturated rings. The molecule has 0 saturated heterocycles.